The molecule has 162 valence electrons. The molecule has 1 saturated carbocycles. The Morgan fingerprint density at radius 2 is 1.84 bits per heavy atom. The molecule has 0 radical (unpaired) electrons. The third-order valence-electron chi connectivity index (χ3n) is 6.02. The Kier molecular flexibility index (Phi) is 7.02. The fourth-order valence-electron chi connectivity index (χ4n) is 4.26. The van der Waals surface area contributed by atoms with E-state index >= 15 is 0 Å². The highest BCUT2D eigenvalue weighted by molar-refractivity contribution is 9.09. The summed E-state index contributed by atoms with van der Waals surface area (Å²) < 4.78 is 0. The van der Waals surface area contributed by atoms with Crippen molar-refractivity contribution in [2.75, 3.05) is 6.54 Å². The van der Waals surface area contributed by atoms with E-state index in [4.69, 9.17) is 12.2 Å². The molecule has 7 heteroatoms. The van der Waals surface area contributed by atoms with Crippen molar-refractivity contribution in [3.05, 3.63) is 71.3 Å². The van der Waals surface area contributed by atoms with Gasteiger partial charge in [0.1, 0.15) is 0 Å². The minimum atomic E-state index is -0.0953. The zero-order chi connectivity index (χ0) is 21.8. The number of nitrogens with zero attached hydrogens (tertiary/aromatic N) is 1. The van der Waals surface area contributed by atoms with Crippen LogP contribution in [0.3, 0.4) is 0 Å². The molecule has 1 heterocycles. The molecular weight excluding hydrogens is 474 g/mol. The summed E-state index contributed by atoms with van der Waals surface area (Å²) in [4.78, 5) is 27.5. The molecular formula is C24H26BrN3O2S. The van der Waals surface area contributed by atoms with E-state index in [1.807, 2.05) is 30.3 Å². The lowest BCUT2D eigenvalue weighted by atomic mass is 9.82. The van der Waals surface area contributed by atoms with E-state index in [9.17, 15) is 9.59 Å². The van der Waals surface area contributed by atoms with E-state index < -0.39 is 0 Å². The SMILES string of the molecule is O=C(NCCc1ccccc1)c1ccc(CN2C(=O)C3CC(Br)CCC3NC2=S)cc1. The molecule has 2 aromatic rings. The van der Waals surface area contributed by atoms with Crippen molar-refractivity contribution in [3.63, 3.8) is 0 Å². The second-order valence-electron chi connectivity index (χ2n) is 8.19. The predicted molar refractivity (Wildman–Crippen MR) is 129 cm³/mol. The Hall–Kier alpha value is -2.25. The monoisotopic (exact) mass is 499 g/mol. The molecule has 0 aromatic heterocycles. The zero-order valence-corrected chi connectivity index (χ0v) is 19.6. The highest BCUT2D eigenvalue weighted by atomic mass is 79.9. The minimum absolute atomic E-state index is 0.0421. The molecule has 31 heavy (non-hydrogen) atoms. The normalized spacial score (nSPS) is 23.1. The second kappa shape index (κ2) is 9.92. The molecule has 2 amide bonds. The topological polar surface area (TPSA) is 61.4 Å². The second-order valence-corrected chi connectivity index (χ2v) is 9.87. The summed E-state index contributed by atoms with van der Waals surface area (Å²) in [5.74, 6) is -0.0396. The largest absolute Gasteiger partial charge is 0.359 e. The summed E-state index contributed by atoms with van der Waals surface area (Å²) in [5, 5.41) is 6.82. The quantitative estimate of drug-likeness (QED) is 0.468. The molecule has 5 nitrogen and oxygen atoms in total. The van der Waals surface area contributed by atoms with Gasteiger partial charge in [-0.3, -0.25) is 14.5 Å². The van der Waals surface area contributed by atoms with Crippen molar-refractivity contribution in [2.45, 2.75) is 43.1 Å². The van der Waals surface area contributed by atoms with Gasteiger partial charge in [0, 0.05) is 23.0 Å². The number of nitrogens with one attached hydrogen (secondary N) is 2. The van der Waals surface area contributed by atoms with Gasteiger partial charge in [-0.15, -0.1) is 0 Å². The van der Waals surface area contributed by atoms with Gasteiger partial charge < -0.3 is 10.6 Å². The fraction of sp³-hybridized carbons (Fsp3) is 0.375. The van der Waals surface area contributed by atoms with Crippen LogP contribution in [0.15, 0.2) is 54.6 Å². The van der Waals surface area contributed by atoms with Gasteiger partial charge in [0.25, 0.3) is 5.91 Å². The third-order valence-corrected chi connectivity index (χ3v) is 7.19. The molecule has 1 saturated heterocycles. The lowest BCUT2D eigenvalue weighted by Crippen LogP contribution is -2.61. The van der Waals surface area contributed by atoms with Crippen LogP contribution in [0.2, 0.25) is 0 Å². The molecule has 2 N–H and O–H groups in total. The zero-order valence-electron chi connectivity index (χ0n) is 17.2. The van der Waals surface area contributed by atoms with Crippen molar-refractivity contribution in [1.29, 1.82) is 0 Å². The third kappa shape index (κ3) is 5.33. The molecule has 1 aliphatic heterocycles. The number of amides is 2. The Morgan fingerprint density at radius 3 is 2.58 bits per heavy atom. The molecule has 2 aliphatic rings. The summed E-state index contributed by atoms with van der Waals surface area (Å²) >= 11 is 9.14. The molecule has 3 atom stereocenters. The first kappa shape index (κ1) is 22.0. The summed E-state index contributed by atoms with van der Waals surface area (Å²) in [5.41, 5.74) is 2.75. The highest BCUT2D eigenvalue weighted by Crippen LogP contribution is 2.33. The van der Waals surface area contributed by atoms with Crippen LogP contribution in [-0.2, 0) is 17.8 Å². The number of halogens is 1. The highest BCUT2D eigenvalue weighted by Gasteiger charge is 2.42. The van der Waals surface area contributed by atoms with Crippen LogP contribution in [0, 0.1) is 5.92 Å². The number of carbonyl (C=O) groups excluding carboxylic acids is 2. The lowest BCUT2D eigenvalue weighted by Gasteiger charge is -2.43. The average Bonchev–Trinajstić information content (AvgIpc) is 2.78. The maximum Gasteiger partial charge on any atom is 0.251 e. The predicted octanol–water partition coefficient (Wildman–Crippen LogP) is 3.81. The number of benzene rings is 2. The fourth-order valence-corrected chi connectivity index (χ4v) is 5.24. The maximum absolute atomic E-state index is 13.0. The number of rotatable bonds is 6. The number of hydrogen-bond donors (Lipinski definition) is 2. The van der Waals surface area contributed by atoms with Crippen molar-refractivity contribution >= 4 is 45.1 Å². The summed E-state index contributed by atoms with van der Waals surface area (Å²) in [6.45, 7) is 1.00. The molecule has 2 aromatic carbocycles. The first-order valence-corrected chi connectivity index (χ1v) is 12.0. The number of thiocarbonyl (C=S) groups is 1. The summed E-state index contributed by atoms with van der Waals surface area (Å²) in [7, 11) is 0. The molecule has 0 spiro atoms. The number of alkyl halides is 1. The van der Waals surface area contributed by atoms with E-state index in [-0.39, 0.29) is 23.8 Å². The molecule has 4 rings (SSSR count). The summed E-state index contributed by atoms with van der Waals surface area (Å²) in [6, 6.07) is 17.6. The Bertz CT molecular complexity index is 951. The van der Waals surface area contributed by atoms with Crippen molar-refractivity contribution in [2.24, 2.45) is 5.92 Å². The van der Waals surface area contributed by atoms with E-state index in [0.29, 0.717) is 28.6 Å². The van der Waals surface area contributed by atoms with Gasteiger partial charge >= 0.3 is 0 Å². The van der Waals surface area contributed by atoms with Gasteiger partial charge in [-0.1, -0.05) is 58.4 Å². The molecule has 0 bridgehead atoms. The van der Waals surface area contributed by atoms with Crippen molar-refractivity contribution in [3.8, 4) is 0 Å². The Morgan fingerprint density at radius 1 is 1.10 bits per heavy atom. The maximum atomic E-state index is 13.0. The molecule has 3 unspecified atom stereocenters. The van der Waals surface area contributed by atoms with Gasteiger partial charge in [-0.2, -0.15) is 0 Å². The van der Waals surface area contributed by atoms with E-state index in [2.05, 4.69) is 38.7 Å². The first-order chi connectivity index (χ1) is 15.0. The van der Waals surface area contributed by atoms with Gasteiger partial charge in [-0.05, 0) is 61.2 Å². The number of hydrogen-bond acceptors (Lipinski definition) is 3. The standard InChI is InChI=1S/C24H26BrN3O2S/c25-19-10-11-21-20(14-19)23(30)28(24(31)27-21)15-17-6-8-18(9-7-17)22(29)26-13-12-16-4-2-1-3-5-16/h1-9,19-21H,10-15H2,(H,26,29)(H,27,31). The van der Waals surface area contributed by atoms with Crippen LogP contribution < -0.4 is 10.6 Å². The van der Waals surface area contributed by atoms with Crippen molar-refractivity contribution in [1.82, 2.24) is 15.5 Å². The Balaban J connectivity index is 1.33. The molecule has 1 aliphatic carbocycles. The van der Waals surface area contributed by atoms with Gasteiger partial charge in [0.15, 0.2) is 5.11 Å². The van der Waals surface area contributed by atoms with Crippen LogP contribution in [0.25, 0.3) is 0 Å². The van der Waals surface area contributed by atoms with Crippen LogP contribution in [-0.4, -0.2) is 39.2 Å². The Labute approximate surface area is 196 Å². The van der Waals surface area contributed by atoms with E-state index in [1.54, 1.807) is 17.0 Å². The number of fused-ring (bicyclic) bond motifs is 1. The van der Waals surface area contributed by atoms with Crippen LogP contribution in [0.1, 0.15) is 40.7 Å². The van der Waals surface area contributed by atoms with Crippen molar-refractivity contribution < 1.29 is 9.59 Å². The van der Waals surface area contributed by atoms with E-state index in [1.165, 1.54) is 5.56 Å². The van der Waals surface area contributed by atoms with Gasteiger partial charge in [-0.25, -0.2) is 0 Å². The van der Waals surface area contributed by atoms with Gasteiger partial charge in [0.05, 0.1) is 12.5 Å². The lowest BCUT2D eigenvalue weighted by molar-refractivity contribution is -0.135. The van der Waals surface area contributed by atoms with Crippen LogP contribution in [0.4, 0.5) is 0 Å². The van der Waals surface area contributed by atoms with Gasteiger partial charge in [0.2, 0.25) is 5.91 Å². The number of carbonyl (C=O) groups is 2. The average molecular weight is 500 g/mol. The summed E-state index contributed by atoms with van der Waals surface area (Å²) in [6.07, 6.45) is 3.63. The smallest absolute Gasteiger partial charge is 0.251 e. The van der Waals surface area contributed by atoms with Crippen LogP contribution in [0.5, 0.6) is 0 Å². The van der Waals surface area contributed by atoms with E-state index in [0.717, 1.165) is 31.2 Å². The molecule has 2 fully saturated rings. The minimum Gasteiger partial charge on any atom is -0.359 e. The van der Waals surface area contributed by atoms with Crippen LogP contribution >= 0.6 is 28.1 Å². The first-order valence-electron chi connectivity index (χ1n) is 10.7.